The summed E-state index contributed by atoms with van der Waals surface area (Å²) >= 11 is 11.5. The summed E-state index contributed by atoms with van der Waals surface area (Å²) in [5.74, 6) is 0.214. The highest BCUT2D eigenvalue weighted by Crippen LogP contribution is 2.35. The molecule has 4 aromatic rings. The molecular formula is C38H38Cl2N2O13. The van der Waals surface area contributed by atoms with E-state index in [9.17, 15) is 25.3 Å². The molecule has 8 rings (SSSR count). The summed E-state index contributed by atoms with van der Waals surface area (Å²) in [5, 5.41) is 39.6. The number of halogens is 2. The Morgan fingerprint density at radius 3 is 1.60 bits per heavy atom. The fourth-order valence-corrected chi connectivity index (χ4v) is 6.68. The number of aliphatic hydroxyl groups excluding tert-OH is 1. The number of nitrogens with zero attached hydrogens (tertiary/aromatic N) is 2. The van der Waals surface area contributed by atoms with Crippen molar-refractivity contribution in [2.45, 2.75) is 62.0 Å². The number of ether oxygens (including phenoxy) is 7. The van der Waals surface area contributed by atoms with Crippen LogP contribution in [0.4, 0.5) is 11.4 Å². The topological polar surface area (TPSA) is 191 Å². The second-order valence-corrected chi connectivity index (χ2v) is 13.7. The number of phenolic OH excluding ortho intramolecular Hbond substituents is 1. The van der Waals surface area contributed by atoms with Crippen molar-refractivity contribution < 1.29 is 53.2 Å². The Hall–Kier alpha value is -4.42. The number of nitro benzene ring substituents is 2. The number of rotatable bonds is 10. The quantitative estimate of drug-likeness (QED) is 0.139. The normalized spacial score (nSPS) is 26.2. The Morgan fingerprint density at radius 2 is 1.07 bits per heavy atom. The second kappa shape index (κ2) is 18.9. The maximum absolute atomic E-state index is 10.8. The predicted molar refractivity (Wildman–Crippen MR) is 197 cm³/mol. The van der Waals surface area contributed by atoms with Gasteiger partial charge in [0.2, 0.25) is 0 Å². The molecule has 4 fully saturated rings. The van der Waals surface area contributed by atoms with Gasteiger partial charge in [-0.05, 0) is 23.3 Å². The molecule has 4 aromatic carbocycles. The molecule has 0 unspecified atom stereocenters. The average Bonchev–Trinajstić information content (AvgIpc) is 3.98. The van der Waals surface area contributed by atoms with E-state index in [2.05, 4.69) is 0 Å². The molecule has 0 aliphatic carbocycles. The van der Waals surface area contributed by atoms with E-state index in [0.717, 1.165) is 17.2 Å². The van der Waals surface area contributed by atoms with E-state index in [1.54, 1.807) is 0 Å². The van der Waals surface area contributed by atoms with E-state index < -0.39 is 16.0 Å². The van der Waals surface area contributed by atoms with Gasteiger partial charge in [-0.2, -0.15) is 0 Å². The molecule has 17 heteroatoms. The Balaban J connectivity index is 0.000000156. The zero-order chi connectivity index (χ0) is 38.9. The van der Waals surface area contributed by atoms with Gasteiger partial charge in [0.1, 0.15) is 54.2 Å². The van der Waals surface area contributed by atoms with Crippen molar-refractivity contribution in [2.75, 3.05) is 26.4 Å². The van der Waals surface area contributed by atoms with Gasteiger partial charge in [-0.25, -0.2) is 0 Å². The van der Waals surface area contributed by atoms with Crippen LogP contribution in [-0.4, -0.2) is 95.3 Å². The van der Waals surface area contributed by atoms with Crippen LogP contribution in [-0.2, 0) is 41.6 Å². The first-order valence-corrected chi connectivity index (χ1v) is 18.0. The number of nitro groups is 2. The van der Waals surface area contributed by atoms with Crippen LogP contribution in [0.3, 0.4) is 0 Å². The molecule has 8 atom stereocenters. The van der Waals surface area contributed by atoms with Gasteiger partial charge < -0.3 is 43.4 Å². The molecule has 15 nitrogen and oxygen atoms in total. The largest absolute Gasteiger partial charge is 0.506 e. The lowest BCUT2D eigenvalue weighted by atomic mass is 10.1. The van der Waals surface area contributed by atoms with E-state index in [4.69, 9.17) is 61.5 Å². The average molecular weight is 802 g/mol. The molecule has 4 saturated heterocycles. The number of non-ortho nitro benzene ring substituents is 2. The number of hydrogen-bond acceptors (Lipinski definition) is 13. The molecule has 4 heterocycles. The first kappa shape index (κ1) is 40.2. The van der Waals surface area contributed by atoms with Crippen molar-refractivity contribution in [1.29, 1.82) is 0 Å². The van der Waals surface area contributed by atoms with E-state index in [1.165, 1.54) is 30.3 Å². The van der Waals surface area contributed by atoms with E-state index in [-0.39, 0.29) is 69.9 Å². The van der Waals surface area contributed by atoms with Gasteiger partial charge in [0.25, 0.3) is 11.4 Å². The number of benzene rings is 4. The van der Waals surface area contributed by atoms with Crippen LogP contribution in [0.5, 0.6) is 11.5 Å². The van der Waals surface area contributed by atoms with Gasteiger partial charge >= 0.3 is 0 Å². The van der Waals surface area contributed by atoms with Gasteiger partial charge in [-0.1, -0.05) is 83.9 Å². The Kier molecular flexibility index (Phi) is 13.9. The summed E-state index contributed by atoms with van der Waals surface area (Å²) in [6, 6.07) is 27.5. The van der Waals surface area contributed by atoms with Gasteiger partial charge in [0.05, 0.1) is 59.5 Å². The highest BCUT2D eigenvalue weighted by Gasteiger charge is 2.50. The van der Waals surface area contributed by atoms with Crippen molar-refractivity contribution in [3.8, 4) is 11.5 Å². The molecule has 0 aromatic heterocycles. The molecule has 4 aliphatic heterocycles. The molecule has 0 spiro atoms. The van der Waals surface area contributed by atoms with Crippen LogP contribution in [0.2, 0.25) is 10.0 Å². The van der Waals surface area contributed by atoms with Gasteiger partial charge in [-0.3, -0.25) is 20.2 Å². The van der Waals surface area contributed by atoms with Gasteiger partial charge in [0.15, 0.2) is 6.10 Å². The molecule has 55 heavy (non-hydrogen) atoms. The van der Waals surface area contributed by atoms with Crippen LogP contribution < -0.4 is 4.74 Å². The minimum absolute atomic E-state index is 0.0146. The number of aliphatic hydroxyl groups is 1. The van der Waals surface area contributed by atoms with Crippen molar-refractivity contribution in [3.63, 3.8) is 0 Å². The maximum atomic E-state index is 10.8. The molecule has 0 radical (unpaired) electrons. The highest BCUT2D eigenvalue weighted by molar-refractivity contribution is 6.32. The Morgan fingerprint density at radius 1 is 0.618 bits per heavy atom. The summed E-state index contributed by atoms with van der Waals surface area (Å²) in [5.41, 5.74) is 2.01. The van der Waals surface area contributed by atoms with E-state index in [1.807, 2.05) is 60.7 Å². The van der Waals surface area contributed by atoms with Crippen molar-refractivity contribution in [3.05, 3.63) is 138 Å². The van der Waals surface area contributed by atoms with Crippen molar-refractivity contribution >= 4 is 34.6 Å². The summed E-state index contributed by atoms with van der Waals surface area (Å²) in [6.45, 7) is 2.66. The van der Waals surface area contributed by atoms with Gasteiger partial charge in [-0.15, -0.1) is 0 Å². The zero-order valence-corrected chi connectivity index (χ0v) is 30.6. The lowest BCUT2D eigenvalue weighted by Crippen LogP contribution is -2.35. The van der Waals surface area contributed by atoms with E-state index >= 15 is 0 Å². The van der Waals surface area contributed by atoms with Crippen molar-refractivity contribution in [1.82, 2.24) is 0 Å². The number of hydrogen-bond donors (Lipinski definition) is 2. The molecule has 0 bridgehead atoms. The summed E-state index contributed by atoms with van der Waals surface area (Å²) < 4.78 is 40.3. The van der Waals surface area contributed by atoms with Crippen molar-refractivity contribution in [2.24, 2.45) is 0 Å². The second-order valence-electron chi connectivity index (χ2n) is 12.9. The molecule has 292 valence electrons. The van der Waals surface area contributed by atoms with Crippen LogP contribution in [0, 0.1) is 20.2 Å². The Bertz CT molecular complexity index is 1890. The smallest absolute Gasteiger partial charge is 0.271 e. The fraction of sp³-hybridized carbons (Fsp3) is 0.368. The number of fused-ring (bicyclic) bond motifs is 2. The fourth-order valence-electron chi connectivity index (χ4n) is 6.29. The maximum Gasteiger partial charge on any atom is 0.271 e. The third kappa shape index (κ3) is 10.5. The minimum Gasteiger partial charge on any atom is -0.506 e. The summed E-state index contributed by atoms with van der Waals surface area (Å²) in [7, 11) is 0. The number of phenols is 1. The van der Waals surface area contributed by atoms with Crippen LogP contribution >= 0.6 is 23.2 Å². The molecular weight excluding hydrogens is 763 g/mol. The lowest BCUT2D eigenvalue weighted by molar-refractivity contribution is -0.385. The molecule has 4 aliphatic rings. The number of aromatic hydroxyl groups is 1. The third-order valence-corrected chi connectivity index (χ3v) is 9.70. The van der Waals surface area contributed by atoms with Crippen LogP contribution in [0.25, 0.3) is 0 Å². The van der Waals surface area contributed by atoms with Gasteiger partial charge in [0, 0.05) is 24.3 Å². The Labute approximate surface area is 325 Å². The SMILES string of the molecule is O=[N+]([O-])c1ccc(O)c(Cl)c1.O=[N+]([O-])c1ccc(O[C@H]2CO[C@H]3[C@@H]2OC[C@@H]3OCc2ccccc2)c(Cl)c1.O[C@@H]1CO[C@H]2[C@@H]1OC[C@@H]2OCc1ccccc1. The molecule has 2 N–H and O–H groups in total. The molecule has 0 saturated carbocycles. The minimum atomic E-state index is -0.578. The standard InChI is InChI=1S/C19H18ClNO6.C13H16O4.C6H4ClNO3/c20-14-8-13(21(22)23)6-7-15(14)27-17-11-26-18-16(10-25-19(17)18)24-9-12-4-2-1-3-5-12;14-10-7-16-13-11(8-17-12(10)13)15-6-9-4-2-1-3-5-9;7-5-3-4(8(10)11)1-2-6(5)9/h1-8,16-19H,9-11H2;1-5,10-14H,6-8H2;1-3,9H/t16-,17-,18+,19+;10-,11+,12-,13-;/m01./s1. The zero-order valence-electron chi connectivity index (χ0n) is 29.1. The van der Waals surface area contributed by atoms with E-state index in [0.29, 0.717) is 45.4 Å². The first-order valence-electron chi connectivity index (χ1n) is 17.3. The summed E-state index contributed by atoms with van der Waals surface area (Å²) in [4.78, 5) is 19.9. The van der Waals surface area contributed by atoms with Crippen LogP contribution in [0.1, 0.15) is 11.1 Å². The third-order valence-electron chi connectivity index (χ3n) is 9.10. The monoisotopic (exact) mass is 800 g/mol. The first-order chi connectivity index (χ1) is 26.6. The lowest BCUT2D eigenvalue weighted by Gasteiger charge is -2.18. The summed E-state index contributed by atoms with van der Waals surface area (Å²) in [6.07, 6.45) is -1.91. The highest BCUT2D eigenvalue weighted by atomic mass is 35.5. The molecule has 0 amide bonds. The van der Waals surface area contributed by atoms with Crippen LogP contribution in [0.15, 0.2) is 97.1 Å². The predicted octanol–water partition coefficient (Wildman–Crippen LogP) is 6.06.